The molecule has 0 saturated heterocycles. The van der Waals surface area contributed by atoms with E-state index in [-0.39, 0.29) is 0 Å². The number of ether oxygens (including phenoxy) is 1. The van der Waals surface area contributed by atoms with Gasteiger partial charge in [0.05, 0.1) is 0 Å². The number of hydrogen-bond donors (Lipinski definition) is 1. The van der Waals surface area contributed by atoms with E-state index in [9.17, 15) is 9.59 Å². The summed E-state index contributed by atoms with van der Waals surface area (Å²) in [6.45, 7) is 7.36. The van der Waals surface area contributed by atoms with Gasteiger partial charge in [0.1, 0.15) is 17.9 Å². The van der Waals surface area contributed by atoms with E-state index < -0.39 is 17.7 Å². The molecule has 4 heteroatoms. The van der Waals surface area contributed by atoms with Crippen molar-refractivity contribution in [2.24, 2.45) is 0 Å². The molecule has 0 fully saturated rings. The minimum atomic E-state index is -0.736. The number of hydrogen-bond acceptors (Lipinski definition) is 3. The van der Waals surface area contributed by atoms with Crippen LogP contribution in [0.1, 0.15) is 37.9 Å². The molecule has 0 radical (unpaired) electrons. The first-order valence-electron chi connectivity index (χ1n) is 7.25. The Morgan fingerprint density at radius 3 is 2.36 bits per heavy atom. The number of benzene rings is 2. The first-order valence-corrected chi connectivity index (χ1v) is 7.25. The van der Waals surface area contributed by atoms with Crippen LogP contribution in [-0.4, -0.2) is 18.0 Å². The fraction of sp³-hybridized carbons (Fsp3) is 0.333. The van der Waals surface area contributed by atoms with Gasteiger partial charge in [-0.15, -0.1) is 0 Å². The molecule has 22 heavy (non-hydrogen) atoms. The largest absolute Gasteiger partial charge is 0.444 e. The molecule has 0 bridgehead atoms. The highest BCUT2D eigenvalue weighted by Crippen LogP contribution is 2.26. The average Bonchev–Trinajstić information content (AvgIpc) is 2.44. The maximum atomic E-state index is 11.9. The molecule has 1 N–H and O–H groups in total. The fourth-order valence-electron chi connectivity index (χ4n) is 2.36. The van der Waals surface area contributed by atoms with Crippen molar-refractivity contribution in [2.45, 2.75) is 39.3 Å². The van der Waals surface area contributed by atoms with Crippen molar-refractivity contribution in [1.29, 1.82) is 0 Å². The van der Waals surface area contributed by atoms with Crippen molar-refractivity contribution >= 4 is 23.2 Å². The predicted octanol–water partition coefficient (Wildman–Crippen LogP) is 3.91. The number of rotatable bonds is 3. The van der Waals surface area contributed by atoms with E-state index >= 15 is 0 Å². The Bertz CT molecular complexity index is 701. The van der Waals surface area contributed by atoms with E-state index in [2.05, 4.69) is 5.32 Å². The van der Waals surface area contributed by atoms with Crippen molar-refractivity contribution in [3.8, 4) is 0 Å². The van der Waals surface area contributed by atoms with Gasteiger partial charge in [-0.2, -0.15) is 0 Å². The molecule has 1 unspecified atom stereocenters. The lowest BCUT2D eigenvalue weighted by atomic mass is 9.96. The third kappa shape index (κ3) is 3.64. The Morgan fingerprint density at radius 2 is 1.77 bits per heavy atom. The Labute approximate surface area is 130 Å². The number of aldehydes is 1. The zero-order valence-corrected chi connectivity index (χ0v) is 13.3. The number of fused-ring (bicyclic) bond motifs is 1. The fourth-order valence-corrected chi connectivity index (χ4v) is 2.36. The van der Waals surface area contributed by atoms with E-state index in [1.807, 2.05) is 43.3 Å². The molecular formula is C18H21NO3. The van der Waals surface area contributed by atoms with E-state index in [1.165, 1.54) is 0 Å². The van der Waals surface area contributed by atoms with Crippen LogP contribution in [0.3, 0.4) is 0 Å². The number of aryl methyl sites for hydroxylation is 1. The summed E-state index contributed by atoms with van der Waals surface area (Å²) in [4.78, 5) is 23.4. The van der Waals surface area contributed by atoms with Crippen LogP contribution in [-0.2, 0) is 9.53 Å². The van der Waals surface area contributed by atoms with Crippen molar-refractivity contribution in [2.75, 3.05) is 0 Å². The Kier molecular flexibility index (Phi) is 4.50. The van der Waals surface area contributed by atoms with Crippen LogP contribution in [0.4, 0.5) is 4.79 Å². The molecule has 0 aliphatic heterocycles. The smallest absolute Gasteiger partial charge is 0.408 e. The third-order valence-corrected chi connectivity index (χ3v) is 3.32. The van der Waals surface area contributed by atoms with Crippen molar-refractivity contribution in [3.63, 3.8) is 0 Å². The molecule has 0 heterocycles. The first-order chi connectivity index (χ1) is 10.3. The second-order valence-electron chi connectivity index (χ2n) is 6.28. The maximum absolute atomic E-state index is 11.9. The van der Waals surface area contributed by atoms with Gasteiger partial charge in [-0.05, 0) is 49.6 Å². The van der Waals surface area contributed by atoms with Crippen molar-refractivity contribution in [1.82, 2.24) is 5.32 Å². The zero-order valence-electron chi connectivity index (χ0n) is 13.3. The van der Waals surface area contributed by atoms with Gasteiger partial charge in [-0.1, -0.05) is 36.4 Å². The standard InChI is InChI=1S/C18H21NO3/c1-12-9-10-15(14-8-6-5-7-13(12)14)16(11-20)19-17(21)22-18(2,3)4/h5-11,16H,1-4H3,(H,19,21). The van der Waals surface area contributed by atoms with E-state index in [0.717, 1.165) is 28.2 Å². The molecule has 2 rings (SSSR count). The molecule has 0 aliphatic rings. The number of nitrogens with one attached hydrogen (secondary N) is 1. The summed E-state index contributed by atoms with van der Waals surface area (Å²) in [6, 6.07) is 10.9. The average molecular weight is 299 g/mol. The molecule has 0 spiro atoms. The van der Waals surface area contributed by atoms with Gasteiger partial charge in [0, 0.05) is 0 Å². The Morgan fingerprint density at radius 1 is 1.14 bits per heavy atom. The highest BCUT2D eigenvalue weighted by molar-refractivity contribution is 5.91. The molecule has 0 aliphatic carbocycles. The van der Waals surface area contributed by atoms with E-state index in [0.29, 0.717) is 0 Å². The van der Waals surface area contributed by atoms with Crippen molar-refractivity contribution in [3.05, 3.63) is 47.5 Å². The maximum Gasteiger partial charge on any atom is 0.408 e. The Balaban J connectivity index is 2.34. The highest BCUT2D eigenvalue weighted by atomic mass is 16.6. The van der Waals surface area contributed by atoms with Gasteiger partial charge in [0.25, 0.3) is 0 Å². The lowest BCUT2D eigenvalue weighted by molar-refractivity contribution is -0.109. The third-order valence-electron chi connectivity index (χ3n) is 3.32. The summed E-state index contributed by atoms with van der Waals surface area (Å²) in [5.74, 6) is 0. The molecule has 0 saturated carbocycles. The summed E-state index contributed by atoms with van der Waals surface area (Å²) in [7, 11) is 0. The minimum absolute atomic E-state index is 0.603. The quantitative estimate of drug-likeness (QED) is 0.874. The lowest BCUT2D eigenvalue weighted by Crippen LogP contribution is -2.35. The molecule has 0 aromatic heterocycles. The summed E-state index contributed by atoms with van der Waals surface area (Å²) in [5.41, 5.74) is 1.29. The SMILES string of the molecule is Cc1ccc(C(C=O)NC(=O)OC(C)(C)C)c2ccccc12. The molecular weight excluding hydrogens is 278 g/mol. The van der Waals surface area contributed by atoms with Crippen LogP contribution in [0.2, 0.25) is 0 Å². The normalized spacial score (nSPS) is 12.7. The van der Waals surface area contributed by atoms with Gasteiger partial charge in [0.15, 0.2) is 0 Å². The molecule has 2 aromatic carbocycles. The number of alkyl carbamates (subject to hydrolysis) is 1. The Hall–Kier alpha value is -2.36. The van der Waals surface area contributed by atoms with Crippen molar-refractivity contribution < 1.29 is 14.3 Å². The predicted molar refractivity (Wildman–Crippen MR) is 86.9 cm³/mol. The second kappa shape index (κ2) is 6.18. The van der Waals surface area contributed by atoms with Crippen LogP contribution in [0, 0.1) is 6.92 Å². The molecule has 4 nitrogen and oxygen atoms in total. The van der Waals surface area contributed by atoms with E-state index in [4.69, 9.17) is 4.74 Å². The zero-order chi connectivity index (χ0) is 16.3. The number of carbonyl (C=O) groups excluding carboxylic acids is 2. The summed E-state index contributed by atoms with van der Waals surface area (Å²) in [5, 5.41) is 4.64. The topological polar surface area (TPSA) is 55.4 Å². The number of amides is 1. The molecule has 116 valence electrons. The van der Waals surface area contributed by atoms with Gasteiger partial charge in [-0.3, -0.25) is 0 Å². The van der Waals surface area contributed by atoms with Crippen LogP contribution >= 0.6 is 0 Å². The minimum Gasteiger partial charge on any atom is -0.444 e. The van der Waals surface area contributed by atoms with Crippen LogP contribution < -0.4 is 5.32 Å². The number of carbonyl (C=O) groups is 2. The monoisotopic (exact) mass is 299 g/mol. The van der Waals surface area contributed by atoms with Gasteiger partial charge in [-0.25, -0.2) is 4.79 Å². The highest BCUT2D eigenvalue weighted by Gasteiger charge is 2.21. The molecule has 1 atom stereocenters. The summed E-state index contributed by atoms with van der Waals surface area (Å²) >= 11 is 0. The summed E-state index contributed by atoms with van der Waals surface area (Å²) < 4.78 is 5.22. The van der Waals surface area contributed by atoms with Crippen LogP contribution in [0.5, 0.6) is 0 Å². The summed E-state index contributed by atoms with van der Waals surface area (Å²) in [6.07, 6.45) is 0.121. The lowest BCUT2D eigenvalue weighted by Gasteiger charge is -2.22. The molecule has 1 amide bonds. The van der Waals surface area contributed by atoms with Gasteiger partial charge < -0.3 is 14.8 Å². The van der Waals surface area contributed by atoms with E-state index in [1.54, 1.807) is 20.8 Å². The van der Waals surface area contributed by atoms with Gasteiger partial charge >= 0.3 is 6.09 Å². The first kappa shape index (κ1) is 16.0. The van der Waals surface area contributed by atoms with Gasteiger partial charge in [0.2, 0.25) is 0 Å². The second-order valence-corrected chi connectivity index (χ2v) is 6.28. The van der Waals surface area contributed by atoms with Crippen LogP contribution in [0.25, 0.3) is 10.8 Å². The molecule has 2 aromatic rings. The van der Waals surface area contributed by atoms with Crippen LogP contribution in [0.15, 0.2) is 36.4 Å².